The zero-order chi connectivity index (χ0) is 21.7. The second-order valence-electron chi connectivity index (χ2n) is 7.44. The third-order valence-electron chi connectivity index (χ3n) is 5.49. The number of hydrogen-bond acceptors (Lipinski definition) is 4. The van der Waals surface area contributed by atoms with E-state index in [0.29, 0.717) is 43.1 Å². The van der Waals surface area contributed by atoms with Crippen molar-refractivity contribution in [2.75, 3.05) is 18.5 Å². The number of nitrogens with one attached hydrogen (secondary N) is 1. The number of amides is 1. The summed E-state index contributed by atoms with van der Waals surface area (Å²) in [6.45, 7) is 1.02. The van der Waals surface area contributed by atoms with Crippen LogP contribution in [-0.2, 0) is 14.9 Å². The van der Waals surface area contributed by atoms with Crippen LogP contribution in [0.15, 0.2) is 83.3 Å². The average Bonchev–Trinajstić information content (AvgIpc) is 2.81. The van der Waals surface area contributed by atoms with E-state index in [9.17, 15) is 9.59 Å². The molecule has 4 rings (SSSR count). The molecule has 1 aliphatic rings. The molecule has 0 saturated carbocycles. The molecule has 0 aliphatic carbocycles. The molecular formula is C25H22BrNO4. The summed E-state index contributed by atoms with van der Waals surface area (Å²) in [5.41, 5.74) is 1.39. The highest BCUT2D eigenvalue weighted by Crippen LogP contribution is 2.37. The molecule has 6 heteroatoms. The molecule has 0 radical (unpaired) electrons. The predicted molar refractivity (Wildman–Crippen MR) is 122 cm³/mol. The Kier molecular flexibility index (Phi) is 6.49. The van der Waals surface area contributed by atoms with Gasteiger partial charge in [-0.3, -0.25) is 9.59 Å². The van der Waals surface area contributed by atoms with E-state index < -0.39 is 5.41 Å². The normalized spacial score (nSPS) is 15.1. The minimum Gasteiger partial charge on any atom is -0.426 e. The summed E-state index contributed by atoms with van der Waals surface area (Å²) in [5.74, 6) is -0.0494. The number of benzene rings is 3. The Labute approximate surface area is 189 Å². The summed E-state index contributed by atoms with van der Waals surface area (Å²) in [6.07, 6.45) is 1.14. The number of anilines is 1. The first kappa shape index (κ1) is 21.3. The molecule has 1 aliphatic heterocycles. The lowest BCUT2D eigenvalue weighted by atomic mass is 9.74. The third-order valence-corrected chi connectivity index (χ3v) is 6.02. The lowest BCUT2D eigenvalue weighted by Gasteiger charge is -2.35. The topological polar surface area (TPSA) is 64.6 Å². The molecule has 1 amide bonds. The van der Waals surface area contributed by atoms with Crippen molar-refractivity contribution in [2.45, 2.75) is 18.3 Å². The van der Waals surface area contributed by atoms with Crippen LogP contribution in [0.2, 0.25) is 0 Å². The van der Waals surface area contributed by atoms with E-state index in [4.69, 9.17) is 9.47 Å². The molecule has 1 heterocycles. The Bertz CT molecular complexity index is 1040. The van der Waals surface area contributed by atoms with E-state index in [-0.39, 0.29) is 11.9 Å². The van der Waals surface area contributed by atoms with Gasteiger partial charge in [0.25, 0.3) is 5.91 Å². The second-order valence-corrected chi connectivity index (χ2v) is 8.35. The van der Waals surface area contributed by atoms with Crippen LogP contribution in [0.5, 0.6) is 5.75 Å². The first-order valence-corrected chi connectivity index (χ1v) is 10.9. The number of hydrogen-bond donors (Lipinski definition) is 1. The minimum atomic E-state index is -0.737. The molecule has 5 nitrogen and oxygen atoms in total. The number of esters is 1. The summed E-state index contributed by atoms with van der Waals surface area (Å²) < 4.78 is 12.2. The highest BCUT2D eigenvalue weighted by atomic mass is 79.9. The van der Waals surface area contributed by atoms with E-state index in [1.165, 1.54) is 0 Å². The van der Waals surface area contributed by atoms with Gasteiger partial charge < -0.3 is 14.8 Å². The van der Waals surface area contributed by atoms with Gasteiger partial charge in [0.1, 0.15) is 5.75 Å². The molecule has 0 spiro atoms. The molecule has 31 heavy (non-hydrogen) atoms. The molecule has 0 atom stereocenters. The summed E-state index contributed by atoms with van der Waals surface area (Å²) in [6, 6.07) is 23.6. The van der Waals surface area contributed by atoms with Crippen LogP contribution in [0, 0.1) is 0 Å². The lowest BCUT2D eigenvalue weighted by Crippen LogP contribution is -2.44. The van der Waals surface area contributed by atoms with E-state index in [0.717, 1.165) is 10.0 Å². The number of rotatable bonds is 5. The van der Waals surface area contributed by atoms with Crippen molar-refractivity contribution >= 4 is 33.5 Å². The van der Waals surface area contributed by atoms with E-state index in [2.05, 4.69) is 21.2 Å². The van der Waals surface area contributed by atoms with E-state index in [1.54, 1.807) is 36.4 Å². The fraction of sp³-hybridized carbons (Fsp3) is 0.200. The highest BCUT2D eigenvalue weighted by molar-refractivity contribution is 9.10. The van der Waals surface area contributed by atoms with Crippen molar-refractivity contribution in [1.82, 2.24) is 0 Å². The van der Waals surface area contributed by atoms with Crippen LogP contribution in [0.25, 0.3) is 0 Å². The van der Waals surface area contributed by atoms with Crippen LogP contribution >= 0.6 is 15.9 Å². The zero-order valence-electron chi connectivity index (χ0n) is 16.8. The Balaban J connectivity index is 1.48. The first-order valence-electron chi connectivity index (χ1n) is 10.1. The summed E-state index contributed by atoms with van der Waals surface area (Å²) in [4.78, 5) is 25.6. The van der Waals surface area contributed by atoms with Gasteiger partial charge in [-0.25, -0.2) is 0 Å². The Morgan fingerprint density at radius 2 is 1.52 bits per heavy atom. The van der Waals surface area contributed by atoms with Crippen molar-refractivity contribution in [3.05, 3.63) is 94.5 Å². The molecule has 0 aromatic heterocycles. The van der Waals surface area contributed by atoms with Crippen molar-refractivity contribution in [2.24, 2.45) is 0 Å². The van der Waals surface area contributed by atoms with Crippen LogP contribution in [-0.4, -0.2) is 25.1 Å². The lowest BCUT2D eigenvalue weighted by molar-refractivity contribution is -0.145. The SMILES string of the molecule is O=C(Nc1ccc(OC(=O)C2(c3ccc(Br)cc3)CCOCC2)cc1)c1ccccc1. The summed E-state index contributed by atoms with van der Waals surface area (Å²) in [5, 5.41) is 2.84. The standard InChI is InChI=1S/C25H22BrNO4/c26-20-8-6-19(7-9-20)25(14-16-30-17-15-25)24(29)31-22-12-10-21(11-13-22)27-23(28)18-4-2-1-3-5-18/h1-13H,14-17H2,(H,27,28). The summed E-state index contributed by atoms with van der Waals surface area (Å²) in [7, 11) is 0. The average molecular weight is 480 g/mol. The molecule has 158 valence electrons. The van der Waals surface area contributed by atoms with Gasteiger partial charge in [-0.15, -0.1) is 0 Å². The van der Waals surface area contributed by atoms with Gasteiger partial charge in [-0.2, -0.15) is 0 Å². The second kappa shape index (κ2) is 9.45. The van der Waals surface area contributed by atoms with Crippen molar-refractivity contribution < 1.29 is 19.1 Å². The van der Waals surface area contributed by atoms with E-state index >= 15 is 0 Å². The van der Waals surface area contributed by atoms with Crippen LogP contribution < -0.4 is 10.1 Å². The quantitative estimate of drug-likeness (QED) is 0.395. The third kappa shape index (κ3) is 4.86. The maximum Gasteiger partial charge on any atom is 0.322 e. The molecule has 1 N–H and O–H groups in total. The fourth-order valence-electron chi connectivity index (χ4n) is 3.70. The molecule has 1 fully saturated rings. The van der Waals surface area contributed by atoms with Gasteiger partial charge in [0, 0.05) is 28.9 Å². The monoisotopic (exact) mass is 479 g/mol. The largest absolute Gasteiger partial charge is 0.426 e. The molecular weight excluding hydrogens is 458 g/mol. The van der Waals surface area contributed by atoms with Gasteiger partial charge in [-0.05, 0) is 66.9 Å². The van der Waals surface area contributed by atoms with Gasteiger partial charge >= 0.3 is 5.97 Å². The van der Waals surface area contributed by atoms with Crippen LogP contribution in [0.1, 0.15) is 28.8 Å². The van der Waals surface area contributed by atoms with Crippen molar-refractivity contribution in [1.29, 1.82) is 0 Å². The van der Waals surface area contributed by atoms with E-state index in [1.807, 2.05) is 42.5 Å². The van der Waals surface area contributed by atoms with Crippen molar-refractivity contribution in [3.8, 4) is 5.75 Å². The highest BCUT2D eigenvalue weighted by Gasteiger charge is 2.43. The first-order chi connectivity index (χ1) is 15.1. The number of halogens is 1. The smallest absolute Gasteiger partial charge is 0.322 e. The Hall–Kier alpha value is -2.96. The van der Waals surface area contributed by atoms with Crippen molar-refractivity contribution in [3.63, 3.8) is 0 Å². The summed E-state index contributed by atoms with van der Waals surface area (Å²) >= 11 is 3.45. The van der Waals surface area contributed by atoms with Crippen LogP contribution in [0.4, 0.5) is 5.69 Å². The number of carbonyl (C=O) groups is 2. The predicted octanol–water partition coefficient (Wildman–Crippen LogP) is 5.36. The zero-order valence-corrected chi connectivity index (χ0v) is 18.4. The maximum absolute atomic E-state index is 13.3. The van der Waals surface area contributed by atoms with Gasteiger partial charge in [-0.1, -0.05) is 46.3 Å². The van der Waals surface area contributed by atoms with Gasteiger partial charge in [0.2, 0.25) is 0 Å². The molecule has 3 aromatic carbocycles. The Morgan fingerprint density at radius 1 is 0.871 bits per heavy atom. The molecule has 0 unspecified atom stereocenters. The Morgan fingerprint density at radius 3 is 2.16 bits per heavy atom. The molecule has 0 bridgehead atoms. The maximum atomic E-state index is 13.3. The van der Waals surface area contributed by atoms with Crippen LogP contribution in [0.3, 0.4) is 0 Å². The molecule has 3 aromatic rings. The van der Waals surface area contributed by atoms with Gasteiger partial charge in [0.15, 0.2) is 0 Å². The number of ether oxygens (including phenoxy) is 2. The fourth-order valence-corrected chi connectivity index (χ4v) is 3.97. The number of carbonyl (C=O) groups excluding carboxylic acids is 2. The molecule has 1 saturated heterocycles. The van der Waals surface area contributed by atoms with Gasteiger partial charge in [0.05, 0.1) is 5.41 Å². The minimum absolute atomic E-state index is 0.193.